The Hall–Kier alpha value is -3.93. The third-order valence-corrected chi connectivity index (χ3v) is 17.5. The molecule has 0 radical (unpaired) electrons. The predicted octanol–water partition coefficient (Wildman–Crippen LogP) is 5.62. The number of carbonyl (C=O) groups excluding carboxylic acids is 2. The molecule has 5 aliphatic heterocycles. The number of fused-ring (bicyclic) bond motifs is 2. The zero-order valence-corrected chi connectivity index (χ0v) is 47.2. The van der Waals surface area contributed by atoms with Crippen LogP contribution in [0, 0.1) is 23.7 Å². The summed E-state index contributed by atoms with van der Waals surface area (Å²) in [5, 5.41) is 67.6. The molecule has 1 aromatic heterocycles. The number of benzene rings is 1. The van der Waals surface area contributed by atoms with Gasteiger partial charge in [0.05, 0.1) is 60.8 Å². The largest absolute Gasteiger partial charge is 0.503 e. The highest BCUT2D eigenvalue weighted by Crippen LogP contribution is 2.45. The van der Waals surface area contributed by atoms with Crippen molar-refractivity contribution in [3.8, 4) is 5.75 Å². The van der Waals surface area contributed by atoms with Crippen LogP contribution in [-0.4, -0.2) is 170 Å². The number of aromatic hydroxyl groups is 1. The quantitative estimate of drug-likeness (QED) is 0.0898. The fourth-order valence-electron chi connectivity index (χ4n) is 12.5. The zero-order chi connectivity index (χ0) is 56.1. The van der Waals surface area contributed by atoms with Crippen molar-refractivity contribution in [3.63, 3.8) is 0 Å². The molecule has 6 heterocycles. The van der Waals surface area contributed by atoms with Gasteiger partial charge in [0.25, 0.3) is 5.56 Å². The third kappa shape index (κ3) is 13.8. The van der Waals surface area contributed by atoms with Crippen molar-refractivity contribution in [2.75, 3.05) is 33.9 Å². The summed E-state index contributed by atoms with van der Waals surface area (Å²) in [4.78, 5) is 42.9. The van der Waals surface area contributed by atoms with Crippen LogP contribution >= 0.6 is 0 Å². The Labute approximate surface area is 454 Å². The van der Waals surface area contributed by atoms with Crippen LogP contribution in [0.3, 0.4) is 0 Å². The van der Waals surface area contributed by atoms with Crippen molar-refractivity contribution in [2.45, 2.75) is 223 Å². The van der Waals surface area contributed by atoms with Crippen molar-refractivity contribution in [3.05, 3.63) is 64.1 Å². The SMILES string of the molecule is CC[C@H]1OC(=O)[C@H](C)[C@@H](O[C@H]2C[C@@](C)(OC)[C@@H](O)[C@H](C)O2)[C@H](C)[C@@H](O[C@@H]2O[C@H](C)C[C@H](N(C)Cc3ccc(C4CN(CCCCCCCn5cccc(O)c5=O)N=N4)cc3)[C@H]2O)[C@@]2(C)C[C@@H](CO2)C(=O)[C@H](C)[C@@H](O)[C@]1(C)O. The van der Waals surface area contributed by atoms with E-state index in [1.54, 1.807) is 51.4 Å². The van der Waals surface area contributed by atoms with Gasteiger partial charge in [0.1, 0.15) is 35.7 Å². The summed E-state index contributed by atoms with van der Waals surface area (Å²) in [6, 6.07) is 10.9. The van der Waals surface area contributed by atoms with E-state index in [-0.39, 0.29) is 55.1 Å². The van der Waals surface area contributed by atoms with Gasteiger partial charge in [-0.3, -0.25) is 24.3 Å². The number of pyridine rings is 1. The van der Waals surface area contributed by atoms with E-state index in [9.17, 15) is 39.9 Å². The minimum absolute atomic E-state index is 0.00406. The predicted molar refractivity (Wildman–Crippen MR) is 283 cm³/mol. The van der Waals surface area contributed by atoms with E-state index in [0.29, 0.717) is 26.1 Å². The first-order chi connectivity index (χ1) is 36.4. The number of ether oxygens (including phenoxy) is 7. The molecule has 20 nitrogen and oxygen atoms in total. The van der Waals surface area contributed by atoms with Crippen molar-refractivity contribution in [2.24, 2.45) is 34.0 Å². The number of likely N-dealkylation sites (N-methyl/N-ethyl adjacent to an activating group) is 1. The Morgan fingerprint density at radius 1 is 0.870 bits per heavy atom. The first-order valence-corrected chi connectivity index (χ1v) is 28.1. The summed E-state index contributed by atoms with van der Waals surface area (Å²) in [7, 11) is 3.47. The number of aromatic nitrogens is 1. The molecule has 5 aliphatic rings. The number of hydrogen-bond acceptors (Lipinski definition) is 19. The molecule has 7 rings (SSSR count). The second kappa shape index (κ2) is 25.7. The molecule has 1 aromatic carbocycles. The number of aryl methyl sites for hydroxylation is 1. The van der Waals surface area contributed by atoms with Crippen molar-refractivity contribution < 1.29 is 68.3 Å². The highest BCUT2D eigenvalue weighted by Gasteiger charge is 2.56. The monoisotopic (exact) mass is 1080 g/mol. The molecular weight excluding hydrogens is 995 g/mol. The Balaban J connectivity index is 1.03. The summed E-state index contributed by atoms with van der Waals surface area (Å²) in [5.41, 5.74) is -2.54. The molecule has 4 fully saturated rings. The van der Waals surface area contributed by atoms with Crippen LogP contribution in [0.1, 0.15) is 137 Å². The normalized spacial score (nSPS) is 39.2. The number of unbranched alkanes of at least 4 members (excludes halogenated alkanes) is 4. The Morgan fingerprint density at radius 2 is 1.56 bits per heavy atom. The summed E-state index contributed by atoms with van der Waals surface area (Å²) in [5.74, 6) is -4.80. The molecule has 77 heavy (non-hydrogen) atoms. The average molecular weight is 1080 g/mol. The molecular formula is C57H89N5O15. The highest BCUT2D eigenvalue weighted by atomic mass is 16.7. The Kier molecular flexibility index (Phi) is 20.2. The smallest absolute Gasteiger partial charge is 0.311 e. The second-order valence-electron chi connectivity index (χ2n) is 23.5. The number of Topliss-reactive ketones (excluding diaryl/α,β-unsaturated/α-hetero) is 1. The van der Waals surface area contributed by atoms with Gasteiger partial charge in [0.2, 0.25) is 0 Å². The lowest BCUT2D eigenvalue weighted by atomic mass is 9.75. The number of esters is 1. The number of cyclic esters (lactones) is 1. The maximum atomic E-state index is 14.5. The van der Waals surface area contributed by atoms with Gasteiger partial charge in [-0.05, 0) is 104 Å². The number of aliphatic hydroxyl groups is 4. The van der Waals surface area contributed by atoms with E-state index in [4.69, 9.17) is 33.2 Å². The van der Waals surface area contributed by atoms with Gasteiger partial charge in [-0.25, -0.2) is 0 Å². The van der Waals surface area contributed by atoms with E-state index in [0.717, 1.165) is 49.8 Å². The second-order valence-corrected chi connectivity index (χ2v) is 23.5. The standard InChI is InChI=1S/C57H89N5O15/c1-12-44-57(9,70)49(66)34(3)46(64)40-28-56(8,72-32-40)51(35(4)48(36(5)53(69)75-44)76-45-29-55(7,71-11)50(67)37(6)74-45)77-54-47(65)42(27-33(2)73-54)60(10)30-38-20-22-39(23-21-38)41-31-62(59-58-41)26-17-15-13-14-16-24-61-25-18-19-43(63)52(61)68/h18-23,25,33-37,40-42,44-45,47-51,54,63,65-67,70H,12-17,24,26-32H2,1-11H3/t33-,34+,35+,36-,37+,40+,41?,42+,44-,45+,47-,48+,49-,50+,51-,54+,55-,56-,57-/m1/s1. The minimum Gasteiger partial charge on any atom is -0.503 e. The van der Waals surface area contributed by atoms with E-state index in [1.807, 2.05) is 32.8 Å². The third-order valence-electron chi connectivity index (χ3n) is 17.5. The van der Waals surface area contributed by atoms with Crippen LogP contribution < -0.4 is 5.56 Å². The molecule has 0 aliphatic carbocycles. The molecule has 19 atom stereocenters. The van der Waals surface area contributed by atoms with Crippen LogP contribution in [0.5, 0.6) is 5.75 Å². The minimum atomic E-state index is -1.99. The van der Waals surface area contributed by atoms with Gasteiger partial charge in [-0.15, -0.1) is 0 Å². The van der Waals surface area contributed by atoms with E-state index >= 15 is 0 Å². The number of methoxy groups -OCH3 is 1. The lowest BCUT2D eigenvalue weighted by Crippen LogP contribution is -2.61. The van der Waals surface area contributed by atoms with Crippen molar-refractivity contribution >= 4 is 11.8 Å². The average Bonchev–Trinajstić information content (AvgIpc) is 4.06. The molecule has 0 amide bonds. The Bertz CT molecular complexity index is 2360. The van der Waals surface area contributed by atoms with Gasteiger partial charge in [0, 0.05) is 63.2 Å². The summed E-state index contributed by atoms with van der Waals surface area (Å²) >= 11 is 0. The molecule has 20 heteroatoms. The molecule has 2 bridgehead atoms. The van der Waals surface area contributed by atoms with Crippen LogP contribution in [0.25, 0.3) is 0 Å². The summed E-state index contributed by atoms with van der Waals surface area (Å²) < 4.78 is 46.7. The fraction of sp³-hybridized carbons (Fsp3) is 0.772. The molecule has 0 saturated carbocycles. The molecule has 5 N–H and O–H groups in total. The molecule has 0 spiro atoms. The van der Waals surface area contributed by atoms with Gasteiger partial charge in [-0.1, -0.05) is 69.5 Å². The van der Waals surface area contributed by atoms with E-state index < -0.39 is 108 Å². The first-order valence-electron chi connectivity index (χ1n) is 28.1. The van der Waals surface area contributed by atoms with Gasteiger partial charge in [0.15, 0.2) is 18.3 Å². The maximum absolute atomic E-state index is 14.5. The lowest BCUT2D eigenvalue weighted by molar-refractivity contribution is -0.317. The highest BCUT2D eigenvalue weighted by molar-refractivity contribution is 5.84. The fourth-order valence-corrected chi connectivity index (χ4v) is 12.5. The molecule has 432 valence electrons. The summed E-state index contributed by atoms with van der Waals surface area (Å²) in [6.45, 7) is 18.0. The number of aliphatic hydroxyl groups excluding tert-OH is 3. The number of ketones is 1. The molecule has 1 unspecified atom stereocenters. The number of carbonyl (C=O) groups is 2. The number of hydrogen-bond donors (Lipinski definition) is 5. The van der Waals surface area contributed by atoms with Crippen molar-refractivity contribution in [1.82, 2.24) is 14.5 Å². The van der Waals surface area contributed by atoms with Gasteiger partial charge >= 0.3 is 5.97 Å². The molecule has 4 saturated heterocycles. The zero-order valence-electron chi connectivity index (χ0n) is 47.2. The topological polar surface area (TPSA) is 253 Å². The first kappa shape index (κ1) is 60.7. The van der Waals surface area contributed by atoms with Gasteiger partial charge < -0.3 is 63.3 Å². The molecule has 2 aromatic rings. The van der Waals surface area contributed by atoms with E-state index in [1.165, 1.54) is 20.1 Å². The maximum Gasteiger partial charge on any atom is 0.311 e. The lowest BCUT2D eigenvalue weighted by Gasteiger charge is -2.49. The van der Waals surface area contributed by atoms with Crippen LogP contribution in [0.15, 0.2) is 57.7 Å². The van der Waals surface area contributed by atoms with Crippen LogP contribution in [-0.2, 0) is 55.8 Å². The van der Waals surface area contributed by atoms with E-state index in [2.05, 4.69) is 39.5 Å². The van der Waals surface area contributed by atoms with Gasteiger partial charge in [-0.2, -0.15) is 5.11 Å². The number of rotatable bonds is 18. The Morgan fingerprint density at radius 3 is 2.25 bits per heavy atom. The number of nitrogens with zero attached hydrogens (tertiary/aromatic N) is 5. The van der Waals surface area contributed by atoms with Crippen LogP contribution in [0.4, 0.5) is 0 Å². The van der Waals surface area contributed by atoms with Crippen LogP contribution in [0.2, 0.25) is 0 Å². The summed E-state index contributed by atoms with van der Waals surface area (Å²) in [6.07, 6.45) is -2.64. The van der Waals surface area contributed by atoms with Crippen molar-refractivity contribution in [1.29, 1.82) is 0 Å².